The van der Waals surface area contributed by atoms with Gasteiger partial charge in [0.05, 0.1) is 23.0 Å². The van der Waals surface area contributed by atoms with Crippen molar-refractivity contribution in [3.05, 3.63) is 66.0 Å². The van der Waals surface area contributed by atoms with Crippen molar-refractivity contribution < 1.29 is 19.4 Å². The Balaban J connectivity index is 1.58. The Morgan fingerprint density at radius 1 is 1.19 bits per heavy atom. The van der Waals surface area contributed by atoms with Crippen LogP contribution in [0.4, 0.5) is 0 Å². The van der Waals surface area contributed by atoms with Gasteiger partial charge >= 0.3 is 5.97 Å². The van der Waals surface area contributed by atoms with Crippen molar-refractivity contribution in [2.75, 3.05) is 13.6 Å². The fraction of sp³-hybridized carbons (Fsp3) is 0.304. The van der Waals surface area contributed by atoms with Crippen molar-refractivity contribution in [1.29, 1.82) is 0 Å². The number of amides is 1. The van der Waals surface area contributed by atoms with Crippen molar-refractivity contribution in [3.63, 3.8) is 0 Å². The highest BCUT2D eigenvalue weighted by atomic mass is 16.5. The van der Waals surface area contributed by atoms with E-state index in [2.05, 4.69) is 15.2 Å². The van der Waals surface area contributed by atoms with Crippen LogP contribution < -0.4 is 4.74 Å². The number of nitrogens with zero attached hydrogens (tertiary/aromatic N) is 3. The van der Waals surface area contributed by atoms with Gasteiger partial charge in [-0.1, -0.05) is 12.1 Å². The third-order valence-corrected chi connectivity index (χ3v) is 5.09. The number of carbonyl (C=O) groups excluding carboxylic acids is 1. The second-order valence-electron chi connectivity index (χ2n) is 8.00. The average Bonchev–Trinajstić information content (AvgIpc) is 3.31. The van der Waals surface area contributed by atoms with Gasteiger partial charge in [-0.25, -0.2) is 0 Å². The fourth-order valence-electron chi connectivity index (χ4n) is 2.86. The van der Waals surface area contributed by atoms with Crippen molar-refractivity contribution >= 4 is 11.9 Å². The predicted octanol–water partition coefficient (Wildman–Crippen LogP) is 3.62. The van der Waals surface area contributed by atoms with Crippen LogP contribution in [-0.2, 0) is 11.4 Å². The molecule has 2 aromatic heterocycles. The van der Waals surface area contributed by atoms with E-state index in [4.69, 9.17) is 4.74 Å². The molecular formula is C23H26N4O4. The Kier molecular flexibility index (Phi) is 6.69. The third-order valence-electron chi connectivity index (χ3n) is 5.09. The van der Waals surface area contributed by atoms with E-state index in [1.165, 1.54) is 0 Å². The topological polar surface area (TPSA) is 108 Å². The van der Waals surface area contributed by atoms with Crippen LogP contribution in [0.1, 0.15) is 36.2 Å². The molecule has 0 saturated heterocycles. The highest BCUT2D eigenvalue weighted by molar-refractivity contribution is 5.94. The summed E-state index contributed by atoms with van der Waals surface area (Å²) in [4.78, 5) is 29.9. The molecule has 0 aliphatic rings. The zero-order valence-electron chi connectivity index (χ0n) is 17.8. The molecule has 1 aromatic carbocycles. The molecule has 3 aromatic rings. The Morgan fingerprint density at radius 3 is 2.65 bits per heavy atom. The minimum absolute atomic E-state index is 0.159. The number of hydrogen-bond acceptors (Lipinski definition) is 5. The normalized spacial score (nSPS) is 11.2. The summed E-state index contributed by atoms with van der Waals surface area (Å²) in [6, 6.07) is 12.7. The van der Waals surface area contributed by atoms with Gasteiger partial charge in [-0.05, 0) is 56.2 Å². The number of rotatable bonds is 9. The standard InChI is InChI=1S/C23H26N4O4/c1-23(2,22(29)30)10-12-27(3)21(28)17-6-4-5-16(13-17)15-31-18-7-8-19(24-14-18)20-9-11-25-26-20/h4-9,11,13-14H,10,12,15H2,1-3H3,(H,25,26)(H,29,30). The maximum atomic E-state index is 12.7. The molecule has 1 amide bonds. The summed E-state index contributed by atoms with van der Waals surface area (Å²) in [6.45, 7) is 3.96. The van der Waals surface area contributed by atoms with E-state index in [-0.39, 0.29) is 5.91 Å². The highest BCUT2D eigenvalue weighted by Gasteiger charge is 2.27. The van der Waals surface area contributed by atoms with E-state index in [0.717, 1.165) is 17.0 Å². The van der Waals surface area contributed by atoms with Gasteiger partial charge in [-0.15, -0.1) is 0 Å². The summed E-state index contributed by atoms with van der Waals surface area (Å²) >= 11 is 0. The second kappa shape index (κ2) is 9.42. The van der Waals surface area contributed by atoms with E-state index < -0.39 is 11.4 Å². The maximum Gasteiger partial charge on any atom is 0.309 e. The lowest BCUT2D eigenvalue weighted by molar-refractivity contribution is -0.147. The first kappa shape index (κ1) is 22.0. The summed E-state index contributed by atoms with van der Waals surface area (Å²) in [5, 5.41) is 16.0. The van der Waals surface area contributed by atoms with Gasteiger partial charge in [0.25, 0.3) is 5.91 Å². The molecular weight excluding hydrogens is 396 g/mol. The van der Waals surface area contributed by atoms with Crippen LogP contribution >= 0.6 is 0 Å². The number of benzene rings is 1. The summed E-state index contributed by atoms with van der Waals surface area (Å²) in [5.74, 6) is -0.416. The zero-order valence-corrected chi connectivity index (χ0v) is 17.8. The van der Waals surface area contributed by atoms with Crippen molar-refractivity contribution in [2.45, 2.75) is 26.9 Å². The Labute approximate surface area is 180 Å². The molecule has 0 unspecified atom stereocenters. The van der Waals surface area contributed by atoms with Gasteiger partial charge < -0.3 is 14.7 Å². The first-order valence-corrected chi connectivity index (χ1v) is 9.93. The van der Waals surface area contributed by atoms with Gasteiger partial charge in [-0.3, -0.25) is 19.7 Å². The number of nitrogens with one attached hydrogen (secondary N) is 1. The number of carboxylic acids is 1. The van der Waals surface area contributed by atoms with Gasteiger partial charge in [0, 0.05) is 25.4 Å². The number of H-pyrrole nitrogens is 1. The molecule has 2 heterocycles. The number of ether oxygens (including phenoxy) is 1. The SMILES string of the molecule is CN(CCC(C)(C)C(=O)O)C(=O)c1cccc(COc2ccc(-c3ccn[nH]3)nc2)c1. The molecule has 8 nitrogen and oxygen atoms in total. The molecule has 31 heavy (non-hydrogen) atoms. The van der Waals surface area contributed by atoms with Gasteiger partial charge in [0.2, 0.25) is 0 Å². The largest absolute Gasteiger partial charge is 0.487 e. The third kappa shape index (κ3) is 5.69. The zero-order chi connectivity index (χ0) is 22.4. The number of aromatic nitrogens is 3. The highest BCUT2D eigenvalue weighted by Crippen LogP contribution is 2.21. The van der Waals surface area contributed by atoms with Gasteiger partial charge in [0.15, 0.2) is 0 Å². The van der Waals surface area contributed by atoms with Crippen molar-refractivity contribution in [3.8, 4) is 17.1 Å². The molecule has 0 aliphatic carbocycles. The van der Waals surface area contributed by atoms with Crippen LogP contribution in [0.5, 0.6) is 5.75 Å². The molecule has 0 fully saturated rings. The summed E-state index contributed by atoms with van der Waals surface area (Å²) in [6.07, 6.45) is 3.68. The quantitative estimate of drug-likeness (QED) is 0.545. The van der Waals surface area contributed by atoms with Crippen molar-refractivity contribution in [1.82, 2.24) is 20.1 Å². The van der Waals surface area contributed by atoms with Crippen LogP contribution in [0.3, 0.4) is 0 Å². The molecule has 0 atom stereocenters. The number of aliphatic carboxylic acids is 1. The van der Waals surface area contributed by atoms with Crippen LogP contribution in [0.2, 0.25) is 0 Å². The average molecular weight is 422 g/mol. The predicted molar refractivity (Wildman–Crippen MR) is 116 cm³/mol. The number of carboxylic acid groups (broad SMARTS) is 1. The number of carbonyl (C=O) groups is 2. The first-order chi connectivity index (χ1) is 14.8. The minimum atomic E-state index is -0.884. The van der Waals surface area contributed by atoms with Gasteiger partial charge in [-0.2, -0.15) is 5.10 Å². The summed E-state index contributed by atoms with van der Waals surface area (Å²) < 4.78 is 5.80. The molecule has 0 saturated carbocycles. The molecule has 8 heteroatoms. The van der Waals surface area contributed by atoms with E-state index in [1.807, 2.05) is 24.3 Å². The molecule has 0 aliphatic heterocycles. The lowest BCUT2D eigenvalue weighted by Crippen LogP contribution is -2.33. The molecule has 3 rings (SSSR count). The van der Waals surface area contributed by atoms with E-state index in [0.29, 0.717) is 30.9 Å². The van der Waals surface area contributed by atoms with Crippen LogP contribution in [0.25, 0.3) is 11.4 Å². The van der Waals surface area contributed by atoms with Gasteiger partial charge in [0.1, 0.15) is 12.4 Å². The van der Waals surface area contributed by atoms with E-state index in [9.17, 15) is 14.7 Å². The molecule has 0 spiro atoms. The molecule has 0 bridgehead atoms. The Bertz CT molecular complexity index is 1030. The molecule has 2 N–H and O–H groups in total. The van der Waals surface area contributed by atoms with Crippen LogP contribution in [-0.4, -0.2) is 50.7 Å². The minimum Gasteiger partial charge on any atom is -0.487 e. The number of aromatic amines is 1. The van der Waals surface area contributed by atoms with Crippen LogP contribution in [0, 0.1) is 5.41 Å². The second-order valence-corrected chi connectivity index (χ2v) is 8.00. The fourth-order valence-corrected chi connectivity index (χ4v) is 2.86. The van der Waals surface area contributed by atoms with E-state index >= 15 is 0 Å². The van der Waals surface area contributed by atoms with Crippen LogP contribution in [0.15, 0.2) is 54.9 Å². The van der Waals surface area contributed by atoms with Crippen molar-refractivity contribution in [2.24, 2.45) is 5.41 Å². The lowest BCUT2D eigenvalue weighted by Gasteiger charge is -2.24. The van der Waals surface area contributed by atoms with E-state index in [1.54, 1.807) is 56.4 Å². The summed E-state index contributed by atoms with van der Waals surface area (Å²) in [7, 11) is 1.68. The maximum absolute atomic E-state index is 12.7. The Morgan fingerprint density at radius 2 is 2.00 bits per heavy atom. The lowest BCUT2D eigenvalue weighted by atomic mass is 9.89. The summed E-state index contributed by atoms with van der Waals surface area (Å²) in [5.41, 5.74) is 2.10. The number of hydrogen-bond donors (Lipinski definition) is 2. The number of pyridine rings is 1. The molecule has 162 valence electrons. The first-order valence-electron chi connectivity index (χ1n) is 9.93. The smallest absolute Gasteiger partial charge is 0.309 e. The monoisotopic (exact) mass is 422 g/mol. The molecule has 0 radical (unpaired) electrons. The Hall–Kier alpha value is -3.68.